The van der Waals surface area contributed by atoms with Crippen LogP contribution in [0.1, 0.15) is 46.3 Å². The predicted octanol–water partition coefficient (Wildman–Crippen LogP) is 3.60. The van der Waals surface area contributed by atoms with Crippen LogP contribution >= 0.6 is 0 Å². The fraction of sp³-hybridized carbons (Fsp3) is 0.286. The van der Waals surface area contributed by atoms with Crippen LogP contribution in [0, 0.1) is 13.8 Å². The SMILES string of the molecule is Cc1nc(Nc2ncccc2C)cc([C@H]2CCCN2C(=O)c2cccnc2)n1. The average molecular weight is 374 g/mol. The molecule has 1 saturated heterocycles. The van der Waals surface area contributed by atoms with Gasteiger partial charge in [-0.2, -0.15) is 0 Å². The van der Waals surface area contributed by atoms with Gasteiger partial charge in [0, 0.05) is 31.2 Å². The molecule has 4 rings (SSSR count). The minimum Gasteiger partial charge on any atom is -0.330 e. The van der Waals surface area contributed by atoms with Crippen LogP contribution in [0.15, 0.2) is 48.9 Å². The smallest absolute Gasteiger partial charge is 0.255 e. The van der Waals surface area contributed by atoms with E-state index in [2.05, 4.69) is 25.3 Å². The highest BCUT2D eigenvalue weighted by Gasteiger charge is 2.32. The van der Waals surface area contributed by atoms with E-state index >= 15 is 0 Å². The molecule has 1 N–H and O–H groups in total. The standard InChI is InChI=1S/C21H22N6O/c1-14-6-3-10-23-20(14)26-19-12-17(24-15(2)25-19)18-8-5-11-27(18)21(28)16-7-4-9-22-13-16/h3-4,6-7,9-10,12-13,18H,5,8,11H2,1-2H3,(H,23,24,25,26)/t18-/m1/s1. The number of hydrogen-bond donors (Lipinski definition) is 1. The number of nitrogens with one attached hydrogen (secondary N) is 1. The molecule has 1 aliphatic rings. The van der Waals surface area contributed by atoms with Crippen LogP contribution in [-0.2, 0) is 0 Å². The zero-order chi connectivity index (χ0) is 19.5. The van der Waals surface area contributed by atoms with Crippen LogP contribution in [-0.4, -0.2) is 37.3 Å². The first-order chi connectivity index (χ1) is 13.6. The molecule has 0 aromatic carbocycles. The van der Waals surface area contributed by atoms with Crippen LogP contribution < -0.4 is 5.32 Å². The second-order valence-corrected chi connectivity index (χ2v) is 6.92. The number of nitrogens with zero attached hydrogens (tertiary/aromatic N) is 5. The molecular formula is C21H22N6O. The lowest BCUT2D eigenvalue weighted by Gasteiger charge is -2.25. The molecule has 0 bridgehead atoms. The summed E-state index contributed by atoms with van der Waals surface area (Å²) >= 11 is 0. The Morgan fingerprint density at radius 3 is 2.82 bits per heavy atom. The van der Waals surface area contributed by atoms with Crippen LogP contribution in [0.5, 0.6) is 0 Å². The highest BCUT2D eigenvalue weighted by Crippen LogP contribution is 2.33. The molecule has 1 amide bonds. The zero-order valence-electron chi connectivity index (χ0n) is 16.0. The minimum atomic E-state index is -0.0696. The van der Waals surface area contributed by atoms with E-state index in [9.17, 15) is 4.79 Å². The summed E-state index contributed by atoms with van der Waals surface area (Å²) < 4.78 is 0. The van der Waals surface area contributed by atoms with Crippen molar-refractivity contribution < 1.29 is 4.79 Å². The second kappa shape index (κ2) is 7.72. The van der Waals surface area contributed by atoms with Crippen LogP contribution in [0.2, 0.25) is 0 Å². The van der Waals surface area contributed by atoms with Gasteiger partial charge in [0.2, 0.25) is 0 Å². The molecule has 0 unspecified atom stereocenters. The van der Waals surface area contributed by atoms with E-state index in [1.807, 2.05) is 36.9 Å². The van der Waals surface area contributed by atoms with Gasteiger partial charge in [-0.15, -0.1) is 0 Å². The van der Waals surface area contributed by atoms with Crippen molar-refractivity contribution in [1.29, 1.82) is 0 Å². The number of rotatable bonds is 4. The van der Waals surface area contributed by atoms with E-state index < -0.39 is 0 Å². The molecule has 1 aliphatic heterocycles. The summed E-state index contributed by atoms with van der Waals surface area (Å²) in [5, 5.41) is 3.28. The molecule has 0 radical (unpaired) electrons. The third kappa shape index (κ3) is 3.69. The lowest BCUT2D eigenvalue weighted by atomic mass is 10.1. The molecule has 4 heterocycles. The fourth-order valence-electron chi connectivity index (χ4n) is 3.54. The van der Waals surface area contributed by atoms with Gasteiger partial charge >= 0.3 is 0 Å². The number of anilines is 2. The Bertz CT molecular complexity index is 991. The van der Waals surface area contributed by atoms with Gasteiger partial charge in [0.05, 0.1) is 17.3 Å². The maximum atomic E-state index is 13.0. The van der Waals surface area contributed by atoms with Gasteiger partial charge in [-0.3, -0.25) is 9.78 Å². The molecule has 7 nitrogen and oxygen atoms in total. The first kappa shape index (κ1) is 18.0. The van der Waals surface area contributed by atoms with Crippen LogP contribution in [0.3, 0.4) is 0 Å². The summed E-state index contributed by atoms with van der Waals surface area (Å²) in [7, 11) is 0. The Hall–Kier alpha value is -3.35. The third-order valence-corrected chi connectivity index (χ3v) is 4.88. The molecule has 0 spiro atoms. The van der Waals surface area contributed by atoms with E-state index in [-0.39, 0.29) is 11.9 Å². The normalized spacial score (nSPS) is 16.2. The largest absolute Gasteiger partial charge is 0.330 e. The monoisotopic (exact) mass is 374 g/mol. The first-order valence-corrected chi connectivity index (χ1v) is 9.37. The minimum absolute atomic E-state index is 0.0121. The van der Waals surface area contributed by atoms with E-state index in [1.165, 1.54) is 0 Å². The van der Waals surface area contributed by atoms with Crippen molar-refractivity contribution in [2.75, 3.05) is 11.9 Å². The Balaban J connectivity index is 1.62. The molecule has 1 atom stereocenters. The van der Waals surface area contributed by atoms with Gasteiger partial charge in [-0.1, -0.05) is 6.07 Å². The van der Waals surface area contributed by atoms with Crippen molar-refractivity contribution >= 4 is 17.5 Å². The van der Waals surface area contributed by atoms with E-state index in [0.29, 0.717) is 23.8 Å². The van der Waals surface area contributed by atoms with Crippen LogP contribution in [0.4, 0.5) is 11.6 Å². The van der Waals surface area contributed by atoms with Crippen molar-refractivity contribution in [3.05, 3.63) is 71.6 Å². The topological polar surface area (TPSA) is 83.9 Å². The molecule has 3 aromatic rings. The summed E-state index contributed by atoms with van der Waals surface area (Å²) in [5.41, 5.74) is 2.48. The first-order valence-electron chi connectivity index (χ1n) is 9.37. The quantitative estimate of drug-likeness (QED) is 0.751. The summed E-state index contributed by atoms with van der Waals surface area (Å²) in [5.74, 6) is 2.10. The van der Waals surface area contributed by atoms with Crippen molar-refractivity contribution in [2.24, 2.45) is 0 Å². The molecular weight excluding hydrogens is 352 g/mol. The average Bonchev–Trinajstić information content (AvgIpc) is 3.19. The highest BCUT2D eigenvalue weighted by molar-refractivity contribution is 5.94. The molecule has 3 aromatic heterocycles. The lowest BCUT2D eigenvalue weighted by molar-refractivity contribution is 0.0732. The zero-order valence-corrected chi connectivity index (χ0v) is 16.0. The number of aryl methyl sites for hydroxylation is 2. The van der Waals surface area contributed by atoms with Crippen molar-refractivity contribution in [2.45, 2.75) is 32.7 Å². The second-order valence-electron chi connectivity index (χ2n) is 6.92. The number of amides is 1. The van der Waals surface area contributed by atoms with Gasteiger partial charge in [0.1, 0.15) is 17.5 Å². The highest BCUT2D eigenvalue weighted by atomic mass is 16.2. The maximum Gasteiger partial charge on any atom is 0.255 e. The number of aromatic nitrogens is 4. The van der Waals surface area contributed by atoms with E-state index in [4.69, 9.17) is 0 Å². The van der Waals surface area contributed by atoms with Crippen molar-refractivity contribution in [3.63, 3.8) is 0 Å². The fourth-order valence-corrected chi connectivity index (χ4v) is 3.54. The van der Waals surface area contributed by atoms with Crippen molar-refractivity contribution in [1.82, 2.24) is 24.8 Å². The number of hydrogen-bond acceptors (Lipinski definition) is 6. The maximum absolute atomic E-state index is 13.0. The Kier molecular flexibility index (Phi) is 4.97. The van der Waals surface area contributed by atoms with E-state index in [1.54, 1.807) is 30.7 Å². The molecule has 0 aliphatic carbocycles. The third-order valence-electron chi connectivity index (χ3n) is 4.88. The number of pyridine rings is 2. The van der Waals surface area contributed by atoms with Gasteiger partial charge in [-0.25, -0.2) is 15.0 Å². The summed E-state index contributed by atoms with van der Waals surface area (Å²) in [6, 6.07) is 9.32. The lowest BCUT2D eigenvalue weighted by Crippen LogP contribution is -2.31. The van der Waals surface area contributed by atoms with Gasteiger partial charge < -0.3 is 10.2 Å². The molecule has 28 heavy (non-hydrogen) atoms. The molecule has 7 heteroatoms. The molecule has 142 valence electrons. The number of likely N-dealkylation sites (tertiary alicyclic amines) is 1. The molecule has 1 fully saturated rings. The van der Waals surface area contributed by atoms with Gasteiger partial charge in [-0.05, 0) is 50.5 Å². The van der Waals surface area contributed by atoms with Gasteiger partial charge in [0.25, 0.3) is 5.91 Å². The summed E-state index contributed by atoms with van der Waals surface area (Å²) in [6.07, 6.45) is 6.85. The van der Waals surface area contributed by atoms with E-state index in [0.717, 1.165) is 29.9 Å². The van der Waals surface area contributed by atoms with Crippen molar-refractivity contribution in [3.8, 4) is 0 Å². The Morgan fingerprint density at radius 1 is 1.18 bits per heavy atom. The Morgan fingerprint density at radius 2 is 2.04 bits per heavy atom. The Labute approximate surface area is 163 Å². The number of carbonyl (C=O) groups is 1. The summed E-state index contributed by atoms with van der Waals surface area (Å²) in [4.78, 5) is 32.4. The predicted molar refractivity (Wildman–Crippen MR) is 106 cm³/mol. The number of carbonyl (C=O) groups excluding carboxylic acids is 1. The summed E-state index contributed by atoms with van der Waals surface area (Å²) in [6.45, 7) is 4.57. The van der Waals surface area contributed by atoms with Gasteiger partial charge in [0.15, 0.2) is 0 Å². The molecule has 0 saturated carbocycles. The van der Waals surface area contributed by atoms with Crippen LogP contribution in [0.25, 0.3) is 0 Å².